The Hall–Kier alpha value is -3.53. The van der Waals surface area contributed by atoms with Crippen LogP contribution in [-0.4, -0.2) is 41.1 Å². The molecular formula is C19H20N6O3S. The smallest absolute Gasteiger partial charge is 0.248 e. The van der Waals surface area contributed by atoms with Gasteiger partial charge in [-0.25, -0.2) is 4.98 Å². The number of fused-ring (bicyclic) bond motifs is 1. The molecule has 4 aromatic rings. The molecule has 0 saturated carbocycles. The summed E-state index contributed by atoms with van der Waals surface area (Å²) in [4.78, 5) is 8.89. The van der Waals surface area contributed by atoms with E-state index in [0.717, 1.165) is 10.2 Å². The Balaban J connectivity index is 1.67. The maximum atomic E-state index is 6.08. The Bertz CT molecular complexity index is 1160. The Morgan fingerprint density at radius 2 is 1.72 bits per heavy atom. The molecule has 0 aliphatic heterocycles. The first kappa shape index (κ1) is 18.8. The highest BCUT2D eigenvalue weighted by atomic mass is 32.1. The standard InChI is InChI=1S/C19H20N6O3S/c1-10-5-6-12-15(7-10)29-19(22-12)25-17(20)23-18(24-25)21-11-8-13(26-2)16(28-4)14(9-11)27-3/h5-9H,1-4H3,(H3,20,21,23,24). The van der Waals surface area contributed by atoms with Crippen LogP contribution in [0.2, 0.25) is 0 Å². The lowest BCUT2D eigenvalue weighted by Crippen LogP contribution is -2.02. The fourth-order valence-electron chi connectivity index (χ4n) is 2.91. The van der Waals surface area contributed by atoms with Crippen molar-refractivity contribution in [1.82, 2.24) is 19.7 Å². The lowest BCUT2D eigenvalue weighted by Gasteiger charge is -2.14. The Kier molecular flexibility index (Phi) is 4.85. The summed E-state index contributed by atoms with van der Waals surface area (Å²) in [5, 5.41) is 8.21. The zero-order chi connectivity index (χ0) is 20.5. The van der Waals surface area contributed by atoms with E-state index in [1.807, 2.05) is 19.1 Å². The van der Waals surface area contributed by atoms with Crippen LogP contribution in [0.15, 0.2) is 30.3 Å². The van der Waals surface area contributed by atoms with Gasteiger partial charge in [-0.15, -0.1) is 5.10 Å². The molecule has 0 aliphatic rings. The quantitative estimate of drug-likeness (QED) is 0.495. The molecular weight excluding hydrogens is 392 g/mol. The molecule has 9 nitrogen and oxygen atoms in total. The number of nitrogens with one attached hydrogen (secondary N) is 1. The van der Waals surface area contributed by atoms with E-state index in [-0.39, 0.29) is 5.95 Å². The molecule has 0 spiro atoms. The molecule has 0 bridgehead atoms. The molecule has 0 amide bonds. The molecule has 0 aliphatic carbocycles. The number of ether oxygens (including phenoxy) is 3. The zero-order valence-corrected chi connectivity index (χ0v) is 17.2. The molecule has 4 rings (SSSR count). The predicted molar refractivity (Wildman–Crippen MR) is 113 cm³/mol. The van der Waals surface area contributed by atoms with Gasteiger partial charge in [0.1, 0.15) is 0 Å². The summed E-state index contributed by atoms with van der Waals surface area (Å²) in [6.45, 7) is 2.04. The lowest BCUT2D eigenvalue weighted by atomic mass is 10.2. The summed E-state index contributed by atoms with van der Waals surface area (Å²) in [6, 6.07) is 9.61. The topological polar surface area (TPSA) is 109 Å². The number of aryl methyl sites for hydroxylation is 1. The van der Waals surface area contributed by atoms with E-state index in [1.165, 1.54) is 21.6 Å². The molecule has 3 N–H and O–H groups in total. The van der Waals surface area contributed by atoms with Crippen LogP contribution in [0.4, 0.5) is 17.6 Å². The number of thiazole rings is 1. The third-order valence-corrected chi connectivity index (χ3v) is 5.26. The summed E-state index contributed by atoms with van der Waals surface area (Å²) in [7, 11) is 4.67. The van der Waals surface area contributed by atoms with E-state index < -0.39 is 0 Å². The van der Waals surface area contributed by atoms with Gasteiger partial charge < -0.3 is 25.3 Å². The van der Waals surface area contributed by atoms with Crippen LogP contribution in [0, 0.1) is 6.92 Å². The van der Waals surface area contributed by atoms with Crippen LogP contribution in [0.25, 0.3) is 15.3 Å². The van der Waals surface area contributed by atoms with E-state index in [9.17, 15) is 0 Å². The number of nitrogen functional groups attached to an aromatic ring is 1. The molecule has 10 heteroatoms. The van der Waals surface area contributed by atoms with Crippen molar-refractivity contribution in [2.24, 2.45) is 0 Å². The number of aromatic nitrogens is 4. The van der Waals surface area contributed by atoms with Crippen LogP contribution in [0.3, 0.4) is 0 Å². The van der Waals surface area contributed by atoms with Crippen molar-refractivity contribution >= 4 is 39.1 Å². The Morgan fingerprint density at radius 1 is 1.00 bits per heavy atom. The Labute approximate surface area is 171 Å². The second-order valence-electron chi connectivity index (χ2n) is 6.21. The van der Waals surface area contributed by atoms with Crippen molar-refractivity contribution in [1.29, 1.82) is 0 Å². The van der Waals surface area contributed by atoms with Gasteiger partial charge in [-0.05, 0) is 24.6 Å². The number of nitrogens with zero attached hydrogens (tertiary/aromatic N) is 4. The minimum atomic E-state index is 0.232. The second-order valence-corrected chi connectivity index (χ2v) is 7.22. The van der Waals surface area contributed by atoms with Crippen molar-refractivity contribution < 1.29 is 14.2 Å². The van der Waals surface area contributed by atoms with Crippen molar-refractivity contribution in [3.63, 3.8) is 0 Å². The monoisotopic (exact) mass is 412 g/mol. The van der Waals surface area contributed by atoms with Crippen molar-refractivity contribution in [3.05, 3.63) is 35.9 Å². The second kappa shape index (κ2) is 7.47. The summed E-state index contributed by atoms with van der Waals surface area (Å²) in [5.41, 5.74) is 8.81. The molecule has 0 saturated heterocycles. The fourth-order valence-corrected chi connectivity index (χ4v) is 3.94. The summed E-state index contributed by atoms with van der Waals surface area (Å²) in [6.07, 6.45) is 0. The summed E-state index contributed by atoms with van der Waals surface area (Å²) >= 11 is 1.50. The van der Waals surface area contributed by atoms with Gasteiger partial charge in [0.2, 0.25) is 22.8 Å². The van der Waals surface area contributed by atoms with E-state index in [0.29, 0.717) is 34.0 Å². The van der Waals surface area contributed by atoms with Gasteiger partial charge in [0.15, 0.2) is 11.5 Å². The van der Waals surface area contributed by atoms with Crippen molar-refractivity contribution in [3.8, 4) is 22.4 Å². The van der Waals surface area contributed by atoms with E-state index in [1.54, 1.807) is 33.5 Å². The van der Waals surface area contributed by atoms with E-state index in [4.69, 9.17) is 19.9 Å². The minimum Gasteiger partial charge on any atom is -0.493 e. The number of methoxy groups -OCH3 is 3. The molecule has 0 fully saturated rings. The summed E-state index contributed by atoms with van der Waals surface area (Å²) in [5.74, 6) is 2.10. The normalized spacial score (nSPS) is 10.9. The highest BCUT2D eigenvalue weighted by Gasteiger charge is 2.16. The summed E-state index contributed by atoms with van der Waals surface area (Å²) < 4.78 is 18.7. The van der Waals surface area contributed by atoms with Gasteiger partial charge in [0.25, 0.3) is 0 Å². The van der Waals surface area contributed by atoms with E-state index >= 15 is 0 Å². The maximum Gasteiger partial charge on any atom is 0.248 e. The number of nitrogens with two attached hydrogens (primary N) is 1. The van der Waals surface area contributed by atoms with Crippen LogP contribution >= 0.6 is 11.3 Å². The third-order valence-electron chi connectivity index (χ3n) is 4.27. The van der Waals surface area contributed by atoms with Crippen LogP contribution in [-0.2, 0) is 0 Å². The van der Waals surface area contributed by atoms with Gasteiger partial charge in [-0.1, -0.05) is 17.4 Å². The van der Waals surface area contributed by atoms with Crippen molar-refractivity contribution in [2.45, 2.75) is 6.92 Å². The number of benzene rings is 2. The van der Waals surface area contributed by atoms with Gasteiger partial charge in [-0.2, -0.15) is 9.67 Å². The molecule has 0 unspecified atom stereocenters. The fraction of sp³-hybridized carbons (Fsp3) is 0.211. The number of anilines is 3. The maximum absolute atomic E-state index is 6.08. The lowest BCUT2D eigenvalue weighted by molar-refractivity contribution is 0.324. The minimum absolute atomic E-state index is 0.232. The number of hydrogen-bond donors (Lipinski definition) is 2. The van der Waals surface area contributed by atoms with Gasteiger partial charge in [-0.3, -0.25) is 0 Å². The van der Waals surface area contributed by atoms with Crippen LogP contribution in [0.1, 0.15) is 5.56 Å². The first-order chi connectivity index (χ1) is 14.0. The number of rotatable bonds is 6. The van der Waals surface area contributed by atoms with Gasteiger partial charge >= 0.3 is 0 Å². The SMILES string of the molecule is COc1cc(Nc2nc(N)n(-c3nc4ccc(C)cc4s3)n2)cc(OC)c1OC. The Morgan fingerprint density at radius 3 is 2.38 bits per heavy atom. The zero-order valence-electron chi connectivity index (χ0n) is 16.4. The molecule has 0 atom stereocenters. The number of hydrogen-bond acceptors (Lipinski definition) is 9. The third kappa shape index (κ3) is 3.49. The molecule has 2 aromatic heterocycles. The van der Waals surface area contributed by atoms with Crippen molar-refractivity contribution in [2.75, 3.05) is 32.4 Å². The molecule has 2 heterocycles. The first-order valence-corrected chi connectivity index (χ1v) is 9.51. The first-order valence-electron chi connectivity index (χ1n) is 8.69. The predicted octanol–water partition coefficient (Wildman–Crippen LogP) is 3.54. The molecule has 29 heavy (non-hydrogen) atoms. The van der Waals surface area contributed by atoms with Gasteiger partial charge in [0.05, 0.1) is 31.5 Å². The van der Waals surface area contributed by atoms with Crippen LogP contribution < -0.4 is 25.3 Å². The highest BCUT2D eigenvalue weighted by Crippen LogP contribution is 2.40. The average Bonchev–Trinajstić information content (AvgIpc) is 3.29. The highest BCUT2D eigenvalue weighted by molar-refractivity contribution is 7.20. The molecule has 0 radical (unpaired) electrons. The average molecular weight is 412 g/mol. The van der Waals surface area contributed by atoms with Gasteiger partial charge in [0, 0.05) is 17.8 Å². The molecule has 150 valence electrons. The largest absolute Gasteiger partial charge is 0.493 e. The van der Waals surface area contributed by atoms with E-state index in [2.05, 4.69) is 26.4 Å². The van der Waals surface area contributed by atoms with Crippen LogP contribution in [0.5, 0.6) is 17.2 Å². The molecule has 2 aromatic carbocycles.